The first-order valence-corrected chi connectivity index (χ1v) is 13.0. The van der Waals surface area contributed by atoms with Crippen LogP contribution in [-0.4, -0.2) is 5.78 Å². The lowest BCUT2D eigenvalue weighted by Crippen LogP contribution is -2.32. The molecule has 1 fully saturated rings. The van der Waals surface area contributed by atoms with Crippen molar-refractivity contribution in [3.05, 3.63) is 75.1 Å². The zero-order chi connectivity index (χ0) is 24.5. The average molecular weight is 454 g/mol. The molecular weight excluding hydrogens is 416 g/mol. The molecule has 0 aromatic carbocycles. The highest BCUT2D eigenvalue weighted by atomic mass is 16.3. The second-order valence-corrected chi connectivity index (χ2v) is 11.6. The maximum atomic E-state index is 13.7. The van der Waals surface area contributed by atoms with Crippen molar-refractivity contribution in [2.24, 2.45) is 23.7 Å². The number of hydrogen-bond acceptors (Lipinski definition) is 2. The van der Waals surface area contributed by atoms with Crippen molar-refractivity contribution in [1.82, 2.24) is 0 Å². The van der Waals surface area contributed by atoms with Crippen LogP contribution in [0.3, 0.4) is 0 Å². The Morgan fingerprint density at radius 1 is 0.941 bits per heavy atom. The first-order valence-electron chi connectivity index (χ1n) is 13.0. The minimum Gasteiger partial charge on any atom is -0.871 e. The molecule has 0 N–H and O–H groups in total. The summed E-state index contributed by atoms with van der Waals surface area (Å²) in [5, 5.41) is 13.7. The van der Waals surface area contributed by atoms with Crippen molar-refractivity contribution in [2.75, 3.05) is 0 Å². The number of allylic oxidation sites excluding steroid dienone is 5. The van der Waals surface area contributed by atoms with Gasteiger partial charge in [-0.2, -0.15) is 0 Å². The molecule has 0 saturated heterocycles. The number of aryl methyl sites for hydroxylation is 2. The molecule has 5 aliphatic rings. The zero-order valence-electron chi connectivity index (χ0n) is 21.7. The van der Waals surface area contributed by atoms with Crippen molar-refractivity contribution >= 4 is 11.4 Å². The first-order chi connectivity index (χ1) is 16.1. The normalized spacial score (nSPS) is 29.4. The Labute approximate surface area is 204 Å². The number of rotatable bonds is 2. The predicted molar refractivity (Wildman–Crippen MR) is 138 cm³/mol. The lowest BCUT2D eigenvalue weighted by atomic mass is 9.73. The van der Waals surface area contributed by atoms with Gasteiger partial charge in [0.2, 0.25) is 0 Å². The summed E-state index contributed by atoms with van der Waals surface area (Å²) in [6.45, 7) is 15.4. The smallest absolute Gasteiger partial charge is 0.192 e. The van der Waals surface area contributed by atoms with Crippen LogP contribution in [0.5, 0.6) is 0 Å². The molecule has 4 unspecified atom stereocenters. The van der Waals surface area contributed by atoms with Crippen molar-refractivity contribution < 1.29 is 9.90 Å². The fourth-order valence-corrected chi connectivity index (χ4v) is 6.80. The van der Waals surface area contributed by atoms with Crippen LogP contribution in [0.1, 0.15) is 82.1 Å². The standard InChI is InChI=1S/C32H38O2/c1-16(2)22-11-10-19(5)28-24(15-22)21(7)14-26(28)30-31(33)29(32(30)34)25-13-20(6)23-12-17(3)8-9-18(4)27(23)25/h10-11,13-18,23,27,33H,8-9,12H2,1-7H3/p-1/b29-25-. The molecule has 0 radical (unpaired) electrons. The summed E-state index contributed by atoms with van der Waals surface area (Å²) in [4.78, 5) is 13.7. The van der Waals surface area contributed by atoms with Gasteiger partial charge in [0.1, 0.15) is 0 Å². The zero-order valence-corrected chi connectivity index (χ0v) is 21.7. The largest absolute Gasteiger partial charge is 0.871 e. The Bertz CT molecular complexity index is 1250. The third-order valence-corrected chi connectivity index (χ3v) is 8.83. The summed E-state index contributed by atoms with van der Waals surface area (Å²) in [6.07, 6.45) is 5.74. The summed E-state index contributed by atoms with van der Waals surface area (Å²) < 4.78 is 0. The van der Waals surface area contributed by atoms with Gasteiger partial charge in [-0.25, -0.2) is 0 Å². The van der Waals surface area contributed by atoms with Gasteiger partial charge in [-0.1, -0.05) is 75.8 Å². The molecule has 5 aliphatic carbocycles. The Hall–Kier alpha value is -2.61. The van der Waals surface area contributed by atoms with E-state index in [0.29, 0.717) is 40.7 Å². The van der Waals surface area contributed by atoms with Crippen molar-refractivity contribution in [1.29, 1.82) is 0 Å². The third-order valence-electron chi connectivity index (χ3n) is 8.83. The van der Waals surface area contributed by atoms with Crippen molar-refractivity contribution in [2.45, 2.75) is 73.6 Å². The summed E-state index contributed by atoms with van der Waals surface area (Å²) in [6, 6.07) is 8.60. The summed E-state index contributed by atoms with van der Waals surface area (Å²) >= 11 is 0. The topological polar surface area (TPSA) is 40.1 Å². The fourth-order valence-electron chi connectivity index (χ4n) is 6.80. The van der Waals surface area contributed by atoms with Gasteiger partial charge in [-0.05, 0) is 102 Å². The molecule has 0 aromatic rings. The highest BCUT2D eigenvalue weighted by Gasteiger charge is 2.43. The second kappa shape index (κ2) is 8.26. The van der Waals surface area contributed by atoms with E-state index in [1.54, 1.807) is 0 Å². The van der Waals surface area contributed by atoms with E-state index >= 15 is 0 Å². The van der Waals surface area contributed by atoms with Gasteiger partial charge >= 0.3 is 0 Å². The quantitative estimate of drug-likeness (QED) is 0.454. The maximum absolute atomic E-state index is 13.7. The third kappa shape index (κ3) is 3.41. The minimum atomic E-state index is -0.0453. The van der Waals surface area contributed by atoms with Crippen LogP contribution in [0.15, 0.2) is 52.8 Å². The van der Waals surface area contributed by atoms with E-state index < -0.39 is 0 Å². The van der Waals surface area contributed by atoms with Crippen LogP contribution in [0.2, 0.25) is 0 Å². The molecule has 0 amide bonds. The SMILES string of the molecule is CC1=C/C(=C2/C(=O)C(c3cc(C)c4cc(C(C)C)ccc(C)c3-4)=C2[O-])C2C(C)CCC(C)CC12. The van der Waals surface area contributed by atoms with Gasteiger partial charge in [-0.15, -0.1) is 0 Å². The maximum Gasteiger partial charge on any atom is 0.192 e. The molecule has 1 saturated carbocycles. The molecule has 2 heteroatoms. The second-order valence-electron chi connectivity index (χ2n) is 11.6. The number of carbonyl (C=O) groups excluding carboxylic acids is 1. The molecule has 5 rings (SSSR count). The molecule has 2 nitrogen and oxygen atoms in total. The number of fused-ring (bicyclic) bond motifs is 2. The number of Topliss-reactive ketones (excluding diaryl/α,β-unsaturated/α-hetero) is 1. The van der Waals surface area contributed by atoms with E-state index in [-0.39, 0.29) is 11.5 Å². The molecule has 0 heterocycles. The van der Waals surface area contributed by atoms with E-state index in [2.05, 4.69) is 78.8 Å². The van der Waals surface area contributed by atoms with Gasteiger partial charge in [0.05, 0.1) is 0 Å². The van der Waals surface area contributed by atoms with Crippen LogP contribution in [0.25, 0.3) is 16.7 Å². The van der Waals surface area contributed by atoms with Gasteiger partial charge in [0, 0.05) is 11.1 Å². The van der Waals surface area contributed by atoms with E-state index in [1.165, 1.54) is 24.0 Å². The van der Waals surface area contributed by atoms with Gasteiger partial charge < -0.3 is 5.11 Å². The monoisotopic (exact) mass is 453 g/mol. The predicted octanol–water partition coefficient (Wildman–Crippen LogP) is 7.13. The van der Waals surface area contributed by atoms with Crippen LogP contribution in [-0.2, 0) is 4.79 Å². The number of ketones is 1. The highest BCUT2D eigenvalue weighted by Crippen LogP contribution is 2.53. The average Bonchev–Trinajstić information content (AvgIpc) is 3.09. The van der Waals surface area contributed by atoms with Crippen molar-refractivity contribution in [3.8, 4) is 11.1 Å². The van der Waals surface area contributed by atoms with Gasteiger partial charge in [0.25, 0.3) is 0 Å². The molecule has 34 heavy (non-hydrogen) atoms. The Balaban J connectivity index is 1.64. The van der Waals surface area contributed by atoms with E-state index in [9.17, 15) is 9.90 Å². The molecule has 0 bridgehead atoms. The molecular formula is C32H37O2-. The lowest BCUT2D eigenvalue weighted by Gasteiger charge is -2.35. The highest BCUT2D eigenvalue weighted by molar-refractivity contribution is 6.40. The van der Waals surface area contributed by atoms with Crippen LogP contribution >= 0.6 is 0 Å². The van der Waals surface area contributed by atoms with Crippen LogP contribution in [0, 0.1) is 37.5 Å². The van der Waals surface area contributed by atoms with Crippen LogP contribution < -0.4 is 5.11 Å². The van der Waals surface area contributed by atoms with Crippen molar-refractivity contribution in [3.63, 3.8) is 0 Å². The number of hydrogen-bond donors (Lipinski definition) is 0. The first kappa shape index (κ1) is 23.1. The fraction of sp³-hybridized carbons (Fsp3) is 0.469. The van der Waals surface area contributed by atoms with Crippen LogP contribution in [0.4, 0.5) is 0 Å². The summed E-state index contributed by atoms with van der Waals surface area (Å²) in [5.41, 5.74) is 9.78. The Morgan fingerprint density at radius 3 is 2.35 bits per heavy atom. The summed E-state index contributed by atoms with van der Waals surface area (Å²) in [7, 11) is 0. The molecule has 0 aromatic heterocycles. The summed E-state index contributed by atoms with van der Waals surface area (Å²) in [5.74, 6) is 2.29. The molecule has 4 atom stereocenters. The minimum absolute atomic E-state index is 0.0453. The Morgan fingerprint density at radius 2 is 1.68 bits per heavy atom. The van der Waals surface area contributed by atoms with E-state index in [1.807, 2.05) is 0 Å². The van der Waals surface area contributed by atoms with Gasteiger partial charge in [0.15, 0.2) is 5.78 Å². The van der Waals surface area contributed by atoms with Gasteiger partial charge in [-0.3, -0.25) is 4.79 Å². The number of carbonyl (C=O) groups is 1. The molecule has 178 valence electrons. The van der Waals surface area contributed by atoms with E-state index in [4.69, 9.17) is 0 Å². The van der Waals surface area contributed by atoms with E-state index in [0.717, 1.165) is 39.8 Å². The Kier molecular flexibility index (Phi) is 5.62. The molecule has 0 spiro atoms. The lowest BCUT2D eigenvalue weighted by molar-refractivity contribution is -0.297. The molecule has 0 aliphatic heterocycles.